The summed E-state index contributed by atoms with van der Waals surface area (Å²) in [6.07, 6.45) is 3.17. The van der Waals surface area contributed by atoms with Crippen molar-refractivity contribution in [2.24, 2.45) is 5.73 Å². The number of amides is 1. The third-order valence-electron chi connectivity index (χ3n) is 3.83. The summed E-state index contributed by atoms with van der Waals surface area (Å²) in [7, 11) is 0. The average Bonchev–Trinajstić information content (AvgIpc) is 3.13. The van der Waals surface area contributed by atoms with Gasteiger partial charge in [0.05, 0.1) is 12.6 Å². The maximum absolute atomic E-state index is 12.5. The van der Waals surface area contributed by atoms with Crippen molar-refractivity contribution in [2.75, 3.05) is 6.61 Å². The number of rotatable bonds is 9. The molecule has 0 fully saturated rings. The predicted octanol–water partition coefficient (Wildman–Crippen LogP) is 2.38. The molecule has 1 aromatic carbocycles. The molecule has 0 spiro atoms. The van der Waals surface area contributed by atoms with E-state index < -0.39 is 17.9 Å². The molecule has 0 saturated carbocycles. The van der Waals surface area contributed by atoms with Crippen LogP contribution in [0.25, 0.3) is 0 Å². The Morgan fingerprint density at radius 1 is 1.27 bits per heavy atom. The van der Waals surface area contributed by atoms with E-state index in [1.165, 1.54) is 6.26 Å². The number of nitrogens with zero attached hydrogens (tertiary/aromatic N) is 1. The van der Waals surface area contributed by atoms with Crippen molar-refractivity contribution in [1.29, 1.82) is 0 Å². The van der Waals surface area contributed by atoms with Crippen molar-refractivity contribution in [3.63, 3.8) is 0 Å². The fraction of sp³-hybridized carbons (Fsp3) is 0.421. The van der Waals surface area contributed by atoms with Crippen LogP contribution in [0.5, 0.6) is 0 Å². The zero-order valence-electron chi connectivity index (χ0n) is 15.1. The first-order chi connectivity index (χ1) is 12.5. The normalized spacial score (nSPS) is 13.0. The third kappa shape index (κ3) is 5.42. The Hall–Kier alpha value is -2.67. The van der Waals surface area contributed by atoms with Gasteiger partial charge in [-0.3, -0.25) is 4.79 Å². The Balaban J connectivity index is 2.09. The molecule has 0 aliphatic heterocycles. The number of carbonyl (C=O) groups excluding carboxylic acids is 2. The molecule has 26 heavy (non-hydrogen) atoms. The Labute approximate surface area is 152 Å². The number of nitrogens with one attached hydrogen (secondary N) is 1. The number of ether oxygens (including phenoxy) is 1. The Bertz CT molecular complexity index is 715. The van der Waals surface area contributed by atoms with Gasteiger partial charge in [-0.1, -0.05) is 43.7 Å². The van der Waals surface area contributed by atoms with E-state index in [2.05, 4.69) is 10.3 Å². The maximum atomic E-state index is 12.5. The van der Waals surface area contributed by atoms with Gasteiger partial charge in [-0.15, -0.1) is 0 Å². The van der Waals surface area contributed by atoms with Crippen molar-refractivity contribution in [3.8, 4) is 0 Å². The molecule has 0 aliphatic carbocycles. The molecule has 7 nitrogen and oxygen atoms in total. The minimum absolute atomic E-state index is 0.0916. The van der Waals surface area contributed by atoms with Gasteiger partial charge in [-0.2, -0.15) is 0 Å². The lowest BCUT2D eigenvalue weighted by Gasteiger charge is -2.16. The number of hydrogen-bond donors (Lipinski definition) is 2. The molecule has 2 unspecified atom stereocenters. The van der Waals surface area contributed by atoms with Gasteiger partial charge in [0.25, 0.3) is 5.91 Å². The summed E-state index contributed by atoms with van der Waals surface area (Å²) in [5, 5.41) is 2.67. The molecule has 0 saturated heterocycles. The Morgan fingerprint density at radius 2 is 2.00 bits per heavy atom. The molecule has 0 bridgehead atoms. The summed E-state index contributed by atoms with van der Waals surface area (Å²) in [5.74, 6) is -0.679. The molecule has 1 amide bonds. The number of hydrogen-bond acceptors (Lipinski definition) is 6. The first kappa shape index (κ1) is 19.7. The summed E-state index contributed by atoms with van der Waals surface area (Å²) < 4.78 is 10.4. The smallest absolute Gasteiger partial charge is 0.328 e. The first-order valence-corrected chi connectivity index (χ1v) is 8.77. The van der Waals surface area contributed by atoms with E-state index in [1.54, 1.807) is 6.92 Å². The standard InChI is InChI=1S/C19H25N3O4/c1-3-8-14(20)18-22-16(12-26-18)17(23)21-15(19(24)25-4-2)11-13-9-6-5-7-10-13/h5-7,9-10,12,14-15H,3-4,8,11,20H2,1-2H3,(H,21,23). The molecule has 0 aliphatic rings. The van der Waals surface area contributed by atoms with Gasteiger partial charge in [0, 0.05) is 6.42 Å². The van der Waals surface area contributed by atoms with E-state index >= 15 is 0 Å². The van der Waals surface area contributed by atoms with E-state index in [4.69, 9.17) is 14.9 Å². The second kappa shape index (κ2) is 9.72. The maximum Gasteiger partial charge on any atom is 0.328 e. The van der Waals surface area contributed by atoms with E-state index in [0.717, 1.165) is 12.0 Å². The van der Waals surface area contributed by atoms with Crippen LogP contribution in [-0.4, -0.2) is 29.5 Å². The molecule has 2 aromatic rings. The average molecular weight is 359 g/mol. The topological polar surface area (TPSA) is 107 Å². The summed E-state index contributed by atoms with van der Waals surface area (Å²) in [4.78, 5) is 28.8. The molecule has 2 rings (SSSR count). The highest BCUT2D eigenvalue weighted by Crippen LogP contribution is 2.15. The van der Waals surface area contributed by atoms with Gasteiger partial charge in [-0.25, -0.2) is 9.78 Å². The number of aromatic nitrogens is 1. The predicted molar refractivity (Wildman–Crippen MR) is 96.4 cm³/mol. The number of carbonyl (C=O) groups is 2. The summed E-state index contributed by atoms with van der Waals surface area (Å²) >= 11 is 0. The van der Waals surface area contributed by atoms with Crippen LogP contribution in [0.4, 0.5) is 0 Å². The van der Waals surface area contributed by atoms with E-state index in [-0.39, 0.29) is 18.3 Å². The number of benzene rings is 1. The van der Waals surface area contributed by atoms with Gasteiger partial charge in [0.2, 0.25) is 5.89 Å². The number of oxazole rings is 1. The first-order valence-electron chi connectivity index (χ1n) is 8.77. The molecular formula is C19H25N3O4. The quantitative estimate of drug-likeness (QED) is 0.666. The lowest BCUT2D eigenvalue weighted by molar-refractivity contribution is -0.145. The molecular weight excluding hydrogens is 334 g/mol. The fourth-order valence-corrected chi connectivity index (χ4v) is 2.51. The molecule has 7 heteroatoms. The van der Waals surface area contributed by atoms with Crippen molar-refractivity contribution in [2.45, 2.75) is 45.2 Å². The van der Waals surface area contributed by atoms with E-state index in [1.807, 2.05) is 37.3 Å². The minimum atomic E-state index is -0.811. The lowest BCUT2D eigenvalue weighted by atomic mass is 10.1. The van der Waals surface area contributed by atoms with Crippen LogP contribution >= 0.6 is 0 Å². The molecule has 1 heterocycles. The Kier molecular flexibility index (Phi) is 7.35. The van der Waals surface area contributed by atoms with Crippen molar-refractivity contribution in [3.05, 3.63) is 53.7 Å². The highest BCUT2D eigenvalue weighted by Gasteiger charge is 2.25. The monoisotopic (exact) mass is 359 g/mol. The molecule has 140 valence electrons. The van der Waals surface area contributed by atoms with Gasteiger partial charge >= 0.3 is 5.97 Å². The van der Waals surface area contributed by atoms with Crippen LogP contribution in [0.3, 0.4) is 0 Å². The van der Waals surface area contributed by atoms with Crippen LogP contribution in [0, 0.1) is 0 Å². The largest absolute Gasteiger partial charge is 0.464 e. The van der Waals surface area contributed by atoms with Crippen molar-refractivity contribution in [1.82, 2.24) is 10.3 Å². The van der Waals surface area contributed by atoms with Crippen molar-refractivity contribution < 1.29 is 18.7 Å². The summed E-state index contributed by atoms with van der Waals surface area (Å²) in [6.45, 7) is 3.96. The highest BCUT2D eigenvalue weighted by molar-refractivity contribution is 5.95. The molecule has 3 N–H and O–H groups in total. The summed E-state index contributed by atoms with van der Waals surface area (Å²) in [5.41, 5.74) is 6.95. The number of nitrogens with two attached hydrogens (primary N) is 1. The SMILES string of the molecule is CCCC(N)c1nc(C(=O)NC(Cc2ccccc2)C(=O)OCC)co1. The van der Waals surface area contributed by atoms with Gasteiger partial charge in [0.1, 0.15) is 12.3 Å². The highest BCUT2D eigenvalue weighted by atomic mass is 16.5. The van der Waals surface area contributed by atoms with Crippen LogP contribution in [0.2, 0.25) is 0 Å². The third-order valence-corrected chi connectivity index (χ3v) is 3.83. The van der Waals surface area contributed by atoms with Crippen LogP contribution in [-0.2, 0) is 16.0 Å². The number of esters is 1. The second-order valence-electron chi connectivity index (χ2n) is 5.93. The lowest BCUT2D eigenvalue weighted by Crippen LogP contribution is -2.43. The van der Waals surface area contributed by atoms with E-state index in [0.29, 0.717) is 18.7 Å². The fourth-order valence-electron chi connectivity index (χ4n) is 2.51. The minimum Gasteiger partial charge on any atom is -0.464 e. The molecule has 0 radical (unpaired) electrons. The van der Waals surface area contributed by atoms with Crippen LogP contribution in [0.15, 0.2) is 41.0 Å². The van der Waals surface area contributed by atoms with Crippen LogP contribution in [0.1, 0.15) is 54.7 Å². The van der Waals surface area contributed by atoms with Crippen molar-refractivity contribution >= 4 is 11.9 Å². The molecule has 1 aromatic heterocycles. The zero-order valence-corrected chi connectivity index (χ0v) is 15.1. The molecule has 2 atom stereocenters. The Morgan fingerprint density at radius 3 is 2.65 bits per heavy atom. The van der Waals surface area contributed by atoms with Crippen LogP contribution < -0.4 is 11.1 Å². The van der Waals surface area contributed by atoms with E-state index in [9.17, 15) is 9.59 Å². The van der Waals surface area contributed by atoms with Gasteiger partial charge < -0.3 is 20.2 Å². The second-order valence-corrected chi connectivity index (χ2v) is 5.93. The van der Waals surface area contributed by atoms with Gasteiger partial charge in [0.15, 0.2) is 5.69 Å². The van der Waals surface area contributed by atoms with Gasteiger partial charge in [-0.05, 0) is 18.9 Å². The summed E-state index contributed by atoms with van der Waals surface area (Å²) in [6, 6.07) is 8.24. The zero-order chi connectivity index (χ0) is 18.9.